The Morgan fingerprint density at radius 1 is 0.654 bits per heavy atom. The van der Waals surface area contributed by atoms with Gasteiger partial charge in [0.2, 0.25) is 0 Å². The first-order chi connectivity index (χ1) is 12.6. The van der Waals surface area contributed by atoms with Crippen LogP contribution >= 0.6 is 21.6 Å². The summed E-state index contributed by atoms with van der Waals surface area (Å²) in [5, 5.41) is 22.9. The lowest BCUT2D eigenvalue weighted by Crippen LogP contribution is -1.97. The van der Waals surface area contributed by atoms with Crippen LogP contribution in [0.25, 0.3) is 21.5 Å². The standard InChI is InChI=1S/C21H14O3S2/c22-18-10-12-20(16-8-4-2-6-14(16)18)26-25-19-11-9-17(21(23)24)13-5-1-3-7-15(13)19/h1-12,22H,(H,23,24). The van der Waals surface area contributed by atoms with E-state index in [1.54, 1.807) is 33.7 Å². The number of phenols is 1. The van der Waals surface area contributed by atoms with E-state index in [1.165, 1.54) is 0 Å². The minimum Gasteiger partial charge on any atom is -0.507 e. The molecule has 0 aliphatic rings. The smallest absolute Gasteiger partial charge is 0.336 e. The van der Waals surface area contributed by atoms with Gasteiger partial charge in [0, 0.05) is 15.2 Å². The van der Waals surface area contributed by atoms with Gasteiger partial charge in [-0.2, -0.15) is 0 Å². The molecular weight excluding hydrogens is 364 g/mol. The second-order valence-corrected chi connectivity index (χ2v) is 7.97. The van der Waals surface area contributed by atoms with Crippen LogP contribution in [0.15, 0.2) is 82.6 Å². The SMILES string of the molecule is O=C(O)c1ccc(SSc2ccc(O)c3ccccc23)c2ccccc12. The van der Waals surface area contributed by atoms with Crippen molar-refractivity contribution in [3.05, 3.63) is 78.4 Å². The van der Waals surface area contributed by atoms with Crippen LogP contribution in [-0.4, -0.2) is 16.2 Å². The maximum Gasteiger partial charge on any atom is 0.336 e. The van der Waals surface area contributed by atoms with E-state index >= 15 is 0 Å². The van der Waals surface area contributed by atoms with Gasteiger partial charge in [-0.05, 0) is 40.4 Å². The van der Waals surface area contributed by atoms with E-state index in [0.717, 1.165) is 31.3 Å². The van der Waals surface area contributed by atoms with E-state index in [4.69, 9.17) is 0 Å². The zero-order valence-corrected chi connectivity index (χ0v) is 15.2. The number of phenolic OH excluding ortho intramolecular Hbond substituents is 1. The number of carboxylic acid groups (broad SMARTS) is 1. The first-order valence-corrected chi connectivity index (χ1v) is 10.1. The van der Waals surface area contributed by atoms with Crippen LogP contribution in [0.5, 0.6) is 5.75 Å². The van der Waals surface area contributed by atoms with Gasteiger partial charge in [0.15, 0.2) is 0 Å². The Hall–Kier alpha value is -2.63. The molecule has 128 valence electrons. The van der Waals surface area contributed by atoms with Gasteiger partial charge in [-0.1, -0.05) is 70.1 Å². The van der Waals surface area contributed by atoms with Gasteiger partial charge in [0.05, 0.1) is 5.56 Å². The maximum absolute atomic E-state index is 11.4. The van der Waals surface area contributed by atoms with Crippen molar-refractivity contribution in [3.8, 4) is 5.75 Å². The highest BCUT2D eigenvalue weighted by atomic mass is 33.1. The first-order valence-electron chi connectivity index (χ1n) is 7.95. The van der Waals surface area contributed by atoms with Crippen molar-refractivity contribution >= 4 is 49.1 Å². The lowest BCUT2D eigenvalue weighted by atomic mass is 10.0. The van der Waals surface area contributed by atoms with Crippen molar-refractivity contribution in [1.82, 2.24) is 0 Å². The highest BCUT2D eigenvalue weighted by molar-refractivity contribution is 8.76. The third-order valence-corrected chi connectivity index (χ3v) is 6.68. The average molecular weight is 378 g/mol. The highest BCUT2D eigenvalue weighted by Crippen LogP contribution is 2.44. The molecule has 5 heteroatoms. The van der Waals surface area contributed by atoms with E-state index in [-0.39, 0.29) is 5.75 Å². The van der Waals surface area contributed by atoms with Crippen molar-refractivity contribution in [2.75, 3.05) is 0 Å². The van der Waals surface area contributed by atoms with Gasteiger partial charge < -0.3 is 10.2 Å². The quantitative estimate of drug-likeness (QED) is 0.414. The summed E-state index contributed by atoms with van der Waals surface area (Å²) in [6.07, 6.45) is 0. The van der Waals surface area contributed by atoms with Crippen LogP contribution in [0.4, 0.5) is 0 Å². The molecule has 2 N–H and O–H groups in total. The lowest BCUT2D eigenvalue weighted by Gasteiger charge is -2.10. The Bertz CT molecular complexity index is 1140. The van der Waals surface area contributed by atoms with Crippen molar-refractivity contribution in [2.45, 2.75) is 9.79 Å². The number of aromatic hydroxyl groups is 1. The van der Waals surface area contributed by atoms with Crippen molar-refractivity contribution in [3.63, 3.8) is 0 Å². The Balaban J connectivity index is 1.73. The summed E-state index contributed by atoms with van der Waals surface area (Å²) in [5.74, 6) is -0.652. The number of fused-ring (bicyclic) bond motifs is 2. The van der Waals surface area contributed by atoms with E-state index in [2.05, 4.69) is 0 Å². The van der Waals surface area contributed by atoms with E-state index in [1.807, 2.05) is 60.7 Å². The number of aromatic carboxylic acids is 1. The van der Waals surface area contributed by atoms with Crippen molar-refractivity contribution < 1.29 is 15.0 Å². The maximum atomic E-state index is 11.4. The molecule has 0 radical (unpaired) electrons. The molecule has 0 bridgehead atoms. The number of hydrogen-bond donors (Lipinski definition) is 2. The molecule has 0 saturated carbocycles. The molecule has 0 heterocycles. The number of rotatable bonds is 4. The van der Waals surface area contributed by atoms with Crippen LogP contribution in [0, 0.1) is 0 Å². The normalized spacial score (nSPS) is 11.1. The molecule has 4 aromatic carbocycles. The minimum absolute atomic E-state index is 0.270. The predicted molar refractivity (Wildman–Crippen MR) is 108 cm³/mol. The van der Waals surface area contributed by atoms with Gasteiger partial charge in [-0.15, -0.1) is 0 Å². The Kier molecular flexibility index (Phi) is 4.49. The second kappa shape index (κ2) is 6.94. The number of benzene rings is 4. The fraction of sp³-hybridized carbons (Fsp3) is 0. The van der Waals surface area contributed by atoms with Crippen LogP contribution in [-0.2, 0) is 0 Å². The van der Waals surface area contributed by atoms with E-state index in [0.29, 0.717) is 5.56 Å². The molecular formula is C21H14O3S2. The molecule has 3 nitrogen and oxygen atoms in total. The third kappa shape index (κ3) is 3.00. The van der Waals surface area contributed by atoms with Crippen LogP contribution in [0.1, 0.15) is 10.4 Å². The van der Waals surface area contributed by atoms with Crippen molar-refractivity contribution in [2.24, 2.45) is 0 Å². The Labute approximate surface area is 158 Å². The molecule has 0 aromatic heterocycles. The third-order valence-electron chi connectivity index (χ3n) is 4.20. The van der Waals surface area contributed by atoms with Gasteiger partial charge in [0.25, 0.3) is 0 Å². The summed E-state index contributed by atoms with van der Waals surface area (Å²) in [5.41, 5.74) is 0.310. The molecule has 0 aliphatic heterocycles. The Morgan fingerprint density at radius 2 is 1.15 bits per heavy atom. The summed E-state index contributed by atoms with van der Waals surface area (Å²) in [6, 6.07) is 22.4. The van der Waals surface area contributed by atoms with Crippen LogP contribution < -0.4 is 0 Å². The minimum atomic E-state index is -0.921. The zero-order valence-electron chi connectivity index (χ0n) is 13.5. The van der Waals surface area contributed by atoms with Gasteiger partial charge in [-0.3, -0.25) is 0 Å². The molecule has 0 atom stereocenters. The molecule has 0 aliphatic carbocycles. The predicted octanol–water partition coefficient (Wildman–Crippen LogP) is 6.20. The van der Waals surface area contributed by atoms with Gasteiger partial charge in [-0.25, -0.2) is 4.79 Å². The van der Waals surface area contributed by atoms with Gasteiger partial charge in [0.1, 0.15) is 5.75 Å². The number of carboxylic acids is 1. The molecule has 4 aromatic rings. The number of hydrogen-bond acceptors (Lipinski definition) is 4. The summed E-state index contributed by atoms with van der Waals surface area (Å²) in [6.45, 7) is 0. The van der Waals surface area contributed by atoms with E-state index < -0.39 is 5.97 Å². The van der Waals surface area contributed by atoms with Crippen LogP contribution in [0.2, 0.25) is 0 Å². The Morgan fingerprint density at radius 3 is 1.77 bits per heavy atom. The average Bonchev–Trinajstić information content (AvgIpc) is 2.67. The summed E-state index contributed by atoms with van der Waals surface area (Å²) in [4.78, 5) is 13.5. The molecule has 4 rings (SSSR count). The molecule has 0 unspecified atom stereocenters. The fourth-order valence-corrected chi connectivity index (χ4v) is 5.32. The lowest BCUT2D eigenvalue weighted by molar-refractivity contribution is 0.0699. The fourth-order valence-electron chi connectivity index (χ4n) is 2.95. The van der Waals surface area contributed by atoms with Crippen molar-refractivity contribution in [1.29, 1.82) is 0 Å². The second-order valence-electron chi connectivity index (χ2n) is 5.76. The van der Waals surface area contributed by atoms with Gasteiger partial charge >= 0.3 is 5.97 Å². The highest BCUT2D eigenvalue weighted by Gasteiger charge is 2.12. The zero-order chi connectivity index (χ0) is 18.1. The monoisotopic (exact) mass is 378 g/mol. The molecule has 26 heavy (non-hydrogen) atoms. The first kappa shape index (κ1) is 16.8. The van der Waals surface area contributed by atoms with E-state index in [9.17, 15) is 15.0 Å². The topological polar surface area (TPSA) is 57.5 Å². The summed E-state index contributed by atoms with van der Waals surface area (Å²) in [7, 11) is 3.19. The molecule has 0 spiro atoms. The molecule has 0 amide bonds. The van der Waals surface area contributed by atoms with Crippen LogP contribution in [0.3, 0.4) is 0 Å². The molecule has 0 fully saturated rings. The summed E-state index contributed by atoms with van der Waals surface area (Å²) < 4.78 is 0. The largest absolute Gasteiger partial charge is 0.507 e. The summed E-state index contributed by atoms with van der Waals surface area (Å²) >= 11 is 0. The molecule has 0 saturated heterocycles. The number of carbonyl (C=O) groups is 1.